The van der Waals surface area contributed by atoms with Crippen LogP contribution in [0.5, 0.6) is 0 Å². The molecule has 0 heterocycles. The van der Waals surface area contributed by atoms with E-state index in [1.54, 1.807) is 0 Å². The van der Waals surface area contributed by atoms with Gasteiger partial charge >= 0.3 is 12.1 Å². The molecule has 5 nitrogen and oxygen atoms in total. The molecule has 1 amide bonds. The van der Waals surface area contributed by atoms with Crippen LogP contribution in [0.3, 0.4) is 0 Å². The first kappa shape index (κ1) is 15.9. The average Bonchev–Trinajstić information content (AvgIpc) is 2.95. The second kappa shape index (κ2) is 7.48. The highest BCUT2D eigenvalue weighted by molar-refractivity contribution is 5.80. The summed E-state index contributed by atoms with van der Waals surface area (Å²) in [6.45, 7) is 3.68. The molecule has 0 aromatic heterocycles. The van der Waals surface area contributed by atoms with Gasteiger partial charge < -0.3 is 15.2 Å². The van der Waals surface area contributed by atoms with Gasteiger partial charge in [0.2, 0.25) is 0 Å². The van der Waals surface area contributed by atoms with Gasteiger partial charge in [-0.15, -0.1) is 6.58 Å². The molecular weight excluding hydrogens is 270 g/mol. The van der Waals surface area contributed by atoms with Crippen LogP contribution in [0, 0.1) is 11.8 Å². The largest absolute Gasteiger partial charge is 0.480 e. The minimum Gasteiger partial charge on any atom is -0.480 e. The summed E-state index contributed by atoms with van der Waals surface area (Å²) in [5.74, 6) is -0.486. The van der Waals surface area contributed by atoms with Crippen molar-refractivity contribution < 1.29 is 19.4 Å². The summed E-state index contributed by atoms with van der Waals surface area (Å²) < 4.78 is 5.31. The van der Waals surface area contributed by atoms with Crippen molar-refractivity contribution in [2.75, 3.05) is 0 Å². The second-order valence-electron chi connectivity index (χ2n) is 6.16. The Morgan fingerprint density at radius 2 is 2.10 bits per heavy atom. The number of amides is 1. The SMILES string of the molecule is C=CCCCC1C[C@H]1OC(=O)N[C@H](C(=O)O)C1CCCC1. The van der Waals surface area contributed by atoms with Gasteiger partial charge in [-0.05, 0) is 50.4 Å². The minimum atomic E-state index is -0.961. The first-order valence-corrected chi connectivity index (χ1v) is 7.92. The third-order valence-corrected chi connectivity index (χ3v) is 4.51. The van der Waals surface area contributed by atoms with Crippen LogP contribution in [0.25, 0.3) is 0 Å². The summed E-state index contributed by atoms with van der Waals surface area (Å²) in [7, 11) is 0. The number of rotatable bonds is 8. The fraction of sp³-hybridized carbons (Fsp3) is 0.750. The fourth-order valence-electron chi connectivity index (χ4n) is 3.16. The molecule has 2 fully saturated rings. The molecule has 5 heteroatoms. The van der Waals surface area contributed by atoms with E-state index in [-0.39, 0.29) is 12.0 Å². The second-order valence-corrected chi connectivity index (χ2v) is 6.16. The Bertz CT molecular complexity index is 390. The van der Waals surface area contributed by atoms with E-state index in [1.165, 1.54) is 0 Å². The van der Waals surface area contributed by atoms with Gasteiger partial charge in [0.1, 0.15) is 12.1 Å². The molecule has 0 aromatic carbocycles. The maximum absolute atomic E-state index is 11.8. The quantitative estimate of drug-likeness (QED) is 0.533. The van der Waals surface area contributed by atoms with Crippen molar-refractivity contribution >= 4 is 12.1 Å². The van der Waals surface area contributed by atoms with Crippen molar-refractivity contribution in [2.24, 2.45) is 11.8 Å². The maximum atomic E-state index is 11.8. The van der Waals surface area contributed by atoms with Gasteiger partial charge in [0.25, 0.3) is 0 Å². The lowest BCUT2D eigenvalue weighted by atomic mass is 9.98. The van der Waals surface area contributed by atoms with Crippen LogP contribution in [-0.4, -0.2) is 29.3 Å². The number of alkyl carbamates (subject to hydrolysis) is 1. The molecule has 118 valence electrons. The van der Waals surface area contributed by atoms with E-state index in [2.05, 4.69) is 11.9 Å². The van der Waals surface area contributed by atoms with E-state index in [0.717, 1.165) is 51.4 Å². The minimum absolute atomic E-state index is 0.0344. The van der Waals surface area contributed by atoms with Crippen LogP contribution in [-0.2, 0) is 9.53 Å². The molecule has 2 aliphatic rings. The monoisotopic (exact) mass is 295 g/mol. The van der Waals surface area contributed by atoms with E-state index >= 15 is 0 Å². The number of nitrogens with one attached hydrogen (secondary N) is 1. The summed E-state index contributed by atoms with van der Waals surface area (Å²) in [6.07, 6.45) is 9.07. The van der Waals surface area contributed by atoms with E-state index in [0.29, 0.717) is 5.92 Å². The predicted octanol–water partition coefficient (Wildman–Crippen LogP) is 3.10. The lowest BCUT2D eigenvalue weighted by Crippen LogP contribution is -2.45. The number of carbonyl (C=O) groups is 2. The van der Waals surface area contributed by atoms with Crippen molar-refractivity contribution in [1.82, 2.24) is 5.32 Å². The molecule has 0 aliphatic heterocycles. The van der Waals surface area contributed by atoms with Gasteiger partial charge in [0.05, 0.1) is 0 Å². The van der Waals surface area contributed by atoms with Crippen molar-refractivity contribution in [3.8, 4) is 0 Å². The van der Waals surface area contributed by atoms with E-state index in [4.69, 9.17) is 4.74 Å². The Morgan fingerprint density at radius 3 is 2.71 bits per heavy atom. The highest BCUT2D eigenvalue weighted by Gasteiger charge is 2.41. The van der Waals surface area contributed by atoms with Gasteiger partial charge in [-0.1, -0.05) is 18.9 Å². The number of unbranched alkanes of at least 4 members (excludes halogenated alkanes) is 1. The summed E-state index contributed by atoms with van der Waals surface area (Å²) >= 11 is 0. The van der Waals surface area contributed by atoms with Gasteiger partial charge in [-0.3, -0.25) is 0 Å². The van der Waals surface area contributed by atoms with Gasteiger partial charge in [-0.2, -0.15) is 0 Å². The molecule has 21 heavy (non-hydrogen) atoms. The highest BCUT2D eigenvalue weighted by Crippen LogP contribution is 2.38. The lowest BCUT2D eigenvalue weighted by Gasteiger charge is -2.20. The molecule has 2 aliphatic carbocycles. The molecule has 2 rings (SSSR count). The van der Waals surface area contributed by atoms with E-state index in [1.807, 2.05) is 6.08 Å². The number of carboxylic acid groups (broad SMARTS) is 1. The standard InChI is InChI=1S/C16H25NO4/c1-2-3-4-9-12-10-13(12)21-16(20)17-14(15(18)19)11-7-5-6-8-11/h2,11-14H,1,3-10H2,(H,17,20)(H,18,19)/t12?,13-,14+/m1/s1. The Balaban J connectivity index is 1.71. The van der Waals surface area contributed by atoms with Crippen LogP contribution in [0.2, 0.25) is 0 Å². The van der Waals surface area contributed by atoms with Crippen LogP contribution in [0.15, 0.2) is 12.7 Å². The normalized spacial score (nSPS) is 26.1. The third-order valence-electron chi connectivity index (χ3n) is 4.51. The molecule has 3 atom stereocenters. The number of hydrogen-bond acceptors (Lipinski definition) is 3. The smallest absolute Gasteiger partial charge is 0.408 e. The van der Waals surface area contributed by atoms with Crippen LogP contribution in [0.1, 0.15) is 51.4 Å². The molecule has 2 N–H and O–H groups in total. The molecule has 1 unspecified atom stereocenters. The molecule has 0 radical (unpaired) electrons. The lowest BCUT2D eigenvalue weighted by molar-refractivity contribution is -0.140. The fourth-order valence-corrected chi connectivity index (χ4v) is 3.16. The zero-order valence-electron chi connectivity index (χ0n) is 12.4. The third kappa shape index (κ3) is 4.76. The summed E-state index contributed by atoms with van der Waals surface area (Å²) in [5.41, 5.74) is 0. The Kier molecular flexibility index (Phi) is 5.65. The Morgan fingerprint density at radius 1 is 1.38 bits per heavy atom. The van der Waals surface area contributed by atoms with E-state index < -0.39 is 18.1 Å². The van der Waals surface area contributed by atoms with Crippen molar-refractivity contribution in [3.63, 3.8) is 0 Å². The predicted molar refractivity (Wildman–Crippen MR) is 78.9 cm³/mol. The van der Waals surface area contributed by atoms with Crippen LogP contribution in [0.4, 0.5) is 4.79 Å². The van der Waals surface area contributed by atoms with Crippen molar-refractivity contribution in [2.45, 2.75) is 63.5 Å². The van der Waals surface area contributed by atoms with E-state index in [9.17, 15) is 14.7 Å². The zero-order valence-corrected chi connectivity index (χ0v) is 12.4. The zero-order chi connectivity index (χ0) is 15.2. The molecule has 0 saturated heterocycles. The van der Waals surface area contributed by atoms with Crippen molar-refractivity contribution in [1.29, 1.82) is 0 Å². The number of carboxylic acids is 1. The highest BCUT2D eigenvalue weighted by atomic mass is 16.6. The summed E-state index contributed by atoms with van der Waals surface area (Å²) in [6, 6.07) is -0.807. The summed E-state index contributed by atoms with van der Waals surface area (Å²) in [4.78, 5) is 23.1. The Hall–Kier alpha value is -1.52. The average molecular weight is 295 g/mol. The number of ether oxygens (including phenoxy) is 1. The summed E-state index contributed by atoms with van der Waals surface area (Å²) in [5, 5.41) is 11.8. The first-order chi connectivity index (χ1) is 10.1. The number of carbonyl (C=O) groups excluding carboxylic acids is 1. The van der Waals surface area contributed by atoms with Gasteiger partial charge in [-0.25, -0.2) is 9.59 Å². The first-order valence-electron chi connectivity index (χ1n) is 7.92. The molecule has 0 bridgehead atoms. The molecule has 0 aromatic rings. The number of aliphatic carboxylic acids is 1. The van der Waals surface area contributed by atoms with Crippen LogP contribution < -0.4 is 5.32 Å². The molecule has 2 saturated carbocycles. The van der Waals surface area contributed by atoms with Gasteiger partial charge in [0.15, 0.2) is 0 Å². The Labute approximate surface area is 125 Å². The van der Waals surface area contributed by atoms with Crippen molar-refractivity contribution in [3.05, 3.63) is 12.7 Å². The maximum Gasteiger partial charge on any atom is 0.408 e. The van der Waals surface area contributed by atoms with Gasteiger partial charge in [0, 0.05) is 0 Å². The number of hydrogen-bond donors (Lipinski definition) is 2. The molecular formula is C16H25NO4. The van der Waals surface area contributed by atoms with Crippen LogP contribution >= 0.6 is 0 Å². The number of allylic oxidation sites excluding steroid dienone is 1. The topological polar surface area (TPSA) is 75.6 Å². The molecule has 0 spiro atoms.